The van der Waals surface area contributed by atoms with Crippen molar-refractivity contribution in [2.45, 2.75) is 18.4 Å². The van der Waals surface area contributed by atoms with Crippen LogP contribution in [0, 0.1) is 0 Å². The summed E-state index contributed by atoms with van der Waals surface area (Å²) in [6, 6.07) is 15.0. The summed E-state index contributed by atoms with van der Waals surface area (Å²) in [4.78, 5) is 23.5. The zero-order chi connectivity index (χ0) is 19.9. The topological polar surface area (TPSA) is 84.9 Å². The molecule has 1 atom stereocenters. The monoisotopic (exact) mass is 381 g/mol. The van der Waals surface area contributed by atoms with Crippen molar-refractivity contribution >= 4 is 12.1 Å². The summed E-state index contributed by atoms with van der Waals surface area (Å²) >= 11 is 0. The highest BCUT2D eigenvalue weighted by molar-refractivity contribution is 5.81. The van der Waals surface area contributed by atoms with Crippen LogP contribution in [-0.4, -0.2) is 43.0 Å². The van der Waals surface area contributed by atoms with Gasteiger partial charge in [0.25, 0.3) is 0 Å². The molecule has 1 aliphatic rings. The van der Waals surface area contributed by atoms with Crippen LogP contribution in [0.25, 0.3) is 11.1 Å². The van der Waals surface area contributed by atoms with E-state index < -0.39 is 18.1 Å². The van der Waals surface area contributed by atoms with Gasteiger partial charge >= 0.3 is 12.1 Å². The van der Waals surface area contributed by atoms with Gasteiger partial charge in [0.05, 0.1) is 6.61 Å². The standard InChI is InChI=1S/C22H23NO5/c1-2-12-27-13-11-20(21(24)25)23-22(26)28-14-19-17-9-5-3-7-15(17)16-8-4-6-10-18(16)19/h2-10,19-20H,1,11-14H2,(H,23,26)(H,24,25)/t20-/m0/s1. The third-order valence-corrected chi connectivity index (χ3v) is 4.72. The molecule has 0 heterocycles. The molecular formula is C22H23NO5. The third-order valence-electron chi connectivity index (χ3n) is 4.72. The van der Waals surface area contributed by atoms with E-state index in [-0.39, 0.29) is 25.6 Å². The molecule has 0 fully saturated rings. The molecule has 1 amide bonds. The molecule has 6 heteroatoms. The molecule has 0 saturated heterocycles. The molecule has 0 saturated carbocycles. The van der Waals surface area contributed by atoms with Gasteiger partial charge in [-0.2, -0.15) is 0 Å². The molecule has 0 bridgehead atoms. The Kier molecular flexibility index (Phi) is 6.45. The summed E-state index contributed by atoms with van der Waals surface area (Å²) in [5, 5.41) is 11.7. The summed E-state index contributed by atoms with van der Waals surface area (Å²) in [6.07, 6.45) is 0.972. The highest BCUT2D eigenvalue weighted by atomic mass is 16.5. The number of hydrogen-bond donors (Lipinski definition) is 2. The van der Waals surface area contributed by atoms with Gasteiger partial charge in [-0.15, -0.1) is 6.58 Å². The van der Waals surface area contributed by atoms with Crippen molar-refractivity contribution in [2.75, 3.05) is 19.8 Å². The lowest BCUT2D eigenvalue weighted by Crippen LogP contribution is -2.42. The SMILES string of the molecule is C=CCOCC[C@H](NC(=O)OCC1c2ccccc2-c2ccccc21)C(=O)O. The number of fused-ring (bicyclic) bond motifs is 3. The molecule has 0 aromatic heterocycles. The van der Waals surface area contributed by atoms with Crippen molar-refractivity contribution in [3.05, 3.63) is 72.3 Å². The number of carbonyl (C=O) groups is 2. The number of aliphatic carboxylic acids is 1. The molecule has 1 aliphatic carbocycles. The molecule has 0 spiro atoms. The predicted molar refractivity (Wildman–Crippen MR) is 105 cm³/mol. The maximum absolute atomic E-state index is 12.2. The number of nitrogens with one attached hydrogen (secondary N) is 1. The van der Waals surface area contributed by atoms with Crippen LogP contribution >= 0.6 is 0 Å². The molecule has 2 aromatic carbocycles. The predicted octanol–water partition coefficient (Wildman–Crippen LogP) is 3.57. The fourth-order valence-corrected chi connectivity index (χ4v) is 3.41. The first kappa shape index (κ1) is 19.6. The normalized spacial score (nSPS) is 13.3. The minimum absolute atomic E-state index is 0.0719. The Balaban J connectivity index is 1.61. The van der Waals surface area contributed by atoms with E-state index in [2.05, 4.69) is 24.0 Å². The lowest BCUT2D eigenvalue weighted by atomic mass is 9.98. The van der Waals surface area contributed by atoms with Crippen molar-refractivity contribution in [1.82, 2.24) is 5.32 Å². The molecular weight excluding hydrogens is 358 g/mol. The number of ether oxygens (including phenoxy) is 2. The van der Waals surface area contributed by atoms with E-state index in [9.17, 15) is 14.7 Å². The van der Waals surface area contributed by atoms with Crippen LogP contribution in [0.3, 0.4) is 0 Å². The fourth-order valence-electron chi connectivity index (χ4n) is 3.41. The quantitative estimate of drug-likeness (QED) is 0.512. The Bertz CT molecular complexity index is 818. The Morgan fingerprint density at radius 3 is 2.29 bits per heavy atom. The van der Waals surface area contributed by atoms with E-state index in [1.165, 1.54) is 0 Å². The van der Waals surface area contributed by atoms with E-state index >= 15 is 0 Å². The molecule has 6 nitrogen and oxygen atoms in total. The van der Waals surface area contributed by atoms with Crippen molar-refractivity contribution in [3.63, 3.8) is 0 Å². The lowest BCUT2D eigenvalue weighted by Gasteiger charge is -2.17. The largest absolute Gasteiger partial charge is 0.480 e. The van der Waals surface area contributed by atoms with Gasteiger partial charge in [0.1, 0.15) is 12.6 Å². The minimum atomic E-state index is -1.13. The summed E-state index contributed by atoms with van der Waals surface area (Å²) in [7, 11) is 0. The number of alkyl carbamates (subject to hydrolysis) is 1. The first-order chi connectivity index (χ1) is 13.6. The van der Waals surface area contributed by atoms with Crippen LogP contribution in [0.15, 0.2) is 61.2 Å². The van der Waals surface area contributed by atoms with Crippen LogP contribution < -0.4 is 5.32 Å². The van der Waals surface area contributed by atoms with Crippen molar-refractivity contribution in [3.8, 4) is 11.1 Å². The number of rotatable bonds is 9. The van der Waals surface area contributed by atoms with Crippen molar-refractivity contribution in [2.24, 2.45) is 0 Å². The van der Waals surface area contributed by atoms with Gasteiger partial charge in [-0.3, -0.25) is 0 Å². The Labute approximate surface area is 163 Å². The Morgan fingerprint density at radius 1 is 1.11 bits per heavy atom. The lowest BCUT2D eigenvalue weighted by molar-refractivity contribution is -0.139. The Morgan fingerprint density at radius 2 is 1.71 bits per heavy atom. The zero-order valence-electron chi connectivity index (χ0n) is 15.5. The number of hydrogen-bond acceptors (Lipinski definition) is 4. The van der Waals surface area contributed by atoms with Crippen LogP contribution in [-0.2, 0) is 14.3 Å². The first-order valence-corrected chi connectivity index (χ1v) is 9.14. The number of carbonyl (C=O) groups excluding carboxylic acids is 1. The smallest absolute Gasteiger partial charge is 0.407 e. The second kappa shape index (κ2) is 9.19. The number of carboxylic acids is 1. The fraction of sp³-hybridized carbons (Fsp3) is 0.273. The maximum Gasteiger partial charge on any atom is 0.407 e. The summed E-state index contributed by atoms with van der Waals surface area (Å²) in [6.45, 7) is 4.19. The molecule has 28 heavy (non-hydrogen) atoms. The second-order valence-electron chi connectivity index (χ2n) is 6.51. The number of amides is 1. The molecule has 3 rings (SSSR count). The van der Waals surface area contributed by atoms with Crippen LogP contribution in [0.2, 0.25) is 0 Å². The van der Waals surface area contributed by atoms with Gasteiger partial charge < -0.3 is 19.9 Å². The highest BCUT2D eigenvalue weighted by Gasteiger charge is 2.29. The van der Waals surface area contributed by atoms with Crippen LogP contribution in [0.5, 0.6) is 0 Å². The maximum atomic E-state index is 12.2. The minimum Gasteiger partial charge on any atom is -0.480 e. The molecule has 0 radical (unpaired) electrons. The van der Waals surface area contributed by atoms with E-state index in [1.54, 1.807) is 6.08 Å². The van der Waals surface area contributed by atoms with E-state index in [4.69, 9.17) is 9.47 Å². The third kappa shape index (κ3) is 4.40. The van der Waals surface area contributed by atoms with Crippen LogP contribution in [0.4, 0.5) is 4.79 Å². The van der Waals surface area contributed by atoms with Gasteiger partial charge in [-0.05, 0) is 22.3 Å². The van der Waals surface area contributed by atoms with E-state index in [1.807, 2.05) is 36.4 Å². The summed E-state index contributed by atoms with van der Waals surface area (Å²) < 4.78 is 10.6. The van der Waals surface area contributed by atoms with E-state index in [0.717, 1.165) is 22.3 Å². The van der Waals surface area contributed by atoms with Gasteiger partial charge in [0.15, 0.2) is 0 Å². The van der Waals surface area contributed by atoms with Gasteiger partial charge in [-0.25, -0.2) is 9.59 Å². The summed E-state index contributed by atoms with van der Waals surface area (Å²) in [5.74, 6) is -1.20. The molecule has 146 valence electrons. The summed E-state index contributed by atoms with van der Waals surface area (Å²) in [5.41, 5.74) is 4.47. The van der Waals surface area contributed by atoms with Gasteiger partial charge in [0.2, 0.25) is 0 Å². The van der Waals surface area contributed by atoms with Crippen LogP contribution in [0.1, 0.15) is 23.5 Å². The number of benzene rings is 2. The molecule has 0 unspecified atom stereocenters. The molecule has 0 aliphatic heterocycles. The van der Waals surface area contributed by atoms with E-state index in [0.29, 0.717) is 6.61 Å². The van der Waals surface area contributed by atoms with Crippen molar-refractivity contribution in [1.29, 1.82) is 0 Å². The van der Waals surface area contributed by atoms with Gasteiger partial charge in [0, 0.05) is 18.9 Å². The molecule has 2 aromatic rings. The number of carboxylic acid groups (broad SMARTS) is 1. The zero-order valence-corrected chi connectivity index (χ0v) is 15.5. The Hall–Kier alpha value is -3.12. The average Bonchev–Trinajstić information content (AvgIpc) is 3.02. The van der Waals surface area contributed by atoms with Crippen molar-refractivity contribution < 1.29 is 24.2 Å². The van der Waals surface area contributed by atoms with Gasteiger partial charge in [-0.1, -0.05) is 54.6 Å². The first-order valence-electron chi connectivity index (χ1n) is 9.14. The second-order valence-corrected chi connectivity index (χ2v) is 6.51. The average molecular weight is 381 g/mol. The molecule has 2 N–H and O–H groups in total. The highest BCUT2D eigenvalue weighted by Crippen LogP contribution is 2.44.